The molecule has 108 valence electrons. The summed E-state index contributed by atoms with van der Waals surface area (Å²) in [7, 11) is 0. The monoisotopic (exact) mass is 293 g/mol. The summed E-state index contributed by atoms with van der Waals surface area (Å²) in [6, 6.07) is 9.67. The van der Waals surface area contributed by atoms with Gasteiger partial charge in [-0.3, -0.25) is 0 Å². The van der Waals surface area contributed by atoms with Gasteiger partial charge in [-0.15, -0.1) is 0 Å². The standard InChI is InChI=1S/C14H18N2O3S/c17-13(18)6-11-20-14(16-7-9-19-10-8-16)15-12-4-2-1-3-5-12/h1-5H,6-11H2,(H,17,18)/p-1. The van der Waals surface area contributed by atoms with E-state index in [0.29, 0.717) is 19.0 Å². The molecule has 0 radical (unpaired) electrons. The number of carbonyl (C=O) groups excluding carboxylic acids is 1. The van der Waals surface area contributed by atoms with E-state index in [1.807, 2.05) is 30.3 Å². The van der Waals surface area contributed by atoms with Gasteiger partial charge in [0.05, 0.1) is 18.9 Å². The van der Waals surface area contributed by atoms with Gasteiger partial charge >= 0.3 is 0 Å². The maximum absolute atomic E-state index is 10.5. The molecule has 1 aliphatic rings. The van der Waals surface area contributed by atoms with E-state index in [0.717, 1.165) is 23.9 Å². The van der Waals surface area contributed by atoms with Gasteiger partial charge in [0.1, 0.15) is 0 Å². The largest absolute Gasteiger partial charge is 0.550 e. The van der Waals surface area contributed by atoms with Crippen LogP contribution in [0.5, 0.6) is 0 Å². The Labute approximate surface area is 122 Å². The Morgan fingerprint density at radius 3 is 2.65 bits per heavy atom. The minimum atomic E-state index is -1.03. The second-order valence-corrected chi connectivity index (χ2v) is 5.36. The third kappa shape index (κ3) is 4.86. The number of carboxylic acid groups (broad SMARTS) is 1. The van der Waals surface area contributed by atoms with Crippen LogP contribution in [0.25, 0.3) is 0 Å². The normalized spacial score (nSPS) is 16.2. The number of benzene rings is 1. The molecule has 0 atom stereocenters. The Kier molecular flexibility index (Phi) is 5.88. The van der Waals surface area contributed by atoms with E-state index in [4.69, 9.17) is 4.74 Å². The van der Waals surface area contributed by atoms with E-state index in [1.54, 1.807) is 0 Å². The number of hydrogen-bond donors (Lipinski definition) is 0. The molecule has 0 aliphatic carbocycles. The van der Waals surface area contributed by atoms with Crippen molar-refractivity contribution in [1.82, 2.24) is 4.90 Å². The van der Waals surface area contributed by atoms with Crippen molar-refractivity contribution >= 4 is 28.6 Å². The number of thioether (sulfide) groups is 1. The first-order valence-electron chi connectivity index (χ1n) is 6.55. The van der Waals surface area contributed by atoms with E-state index < -0.39 is 5.97 Å². The summed E-state index contributed by atoms with van der Waals surface area (Å²) in [6.07, 6.45) is 0.0306. The first-order valence-corrected chi connectivity index (χ1v) is 7.53. The maximum atomic E-state index is 10.5. The van der Waals surface area contributed by atoms with Gasteiger partial charge < -0.3 is 19.5 Å². The van der Waals surface area contributed by atoms with Gasteiger partial charge in [0.2, 0.25) is 0 Å². The first-order chi connectivity index (χ1) is 9.75. The van der Waals surface area contributed by atoms with Crippen molar-refractivity contribution in [3.63, 3.8) is 0 Å². The van der Waals surface area contributed by atoms with Crippen LogP contribution in [0.15, 0.2) is 35.3 Å². The van der Waals surface area contributed by atoms with Gasteiger partial charge in [0.25, 0.3) is 0 Å². The number of nitrogens with zero attached hydrogens (tertiary/aromatic N) is 2. The molecular formula is C14H17N2O3S-. The lowest BCUT2D eigenvalue weighted by molar-refractivity contribution is -0.305. The van der Waals surface area contributed by atoms with Crippen molar-refractivity contribution in [2.24, 2.45) is 4.99 Å². The number of ether oxygens (including phenoxy) is 1. The number of aliphatic carboxylic acids is 1. The number of aliphatic imine (C=N–C) groups is 1. The number of carboxylic acids is 1. The average Bonchev–Trinajstić information content (AvgIpc) is 2.48. The van der Waals surface area contributed by atoms with Crippen LogP contribution >= 0.6 is 11.8 Å². The molecule has 0 amide bonds. The Bertz CT molecular complexity index is 459. The first kappa shape index (κ1) is 14.9. The lowest BCUT2D eigenvalue weighted by atomic mass is 10.3. The molecule has 0 saturated carbocycles. The maximum Gasteiger partial charge on any atom is 0.164 e. The second kappa shape index (κ2) is 7.91. The third-order valence-electron chi connectivity index (χ3n) is 2.80. The third-order valence-corrected chi connectivity index (χ3v) is 3.82. The highest BCUT2D eigenvalue weighted by molar-refractivity contribution is 8.13. The summed E-state index contributed by atoms with van der Waals surface area (Å²) in [6.45, 7) is 2.91. The highest BCUT2D eigenvalue weighted by Crippen LogP contribution is 2.18. The predicted octanol–water partition coefficient (Wildman–Crippen LogP) is 0.880. The molecule has 0 spiro atoms. The highest BCUT2D eigenvalue weighted by Gasteiger charge is 2.15. The van der Waals surface area contributed by atoms with E-state index in [-0.39, 0.29) is 6.42 Å². The predicted molar refractivity (Wildman–Crippen MR) is 78.0 cm³/mol. The minimum absolute atomic E-state index is 0.0306. The zero-order valence-corrected chi connectivity index (χ0v) is 12.0. The lowest BCUT2D eigenvalue weighted by Crippen LogP contribution is -2.39. The summed E-state index contributed by atoms with van der Waals surface area (Å²) < 4.78 is 5.33. The van der Waals surface area contributed by atoms with Gasteiger partial charge in [-0.05, 0) is 18.6 Å². The number of carbonyl (C=O) groups is 1. The molecule has 1 aliphatic heterocycles. The molecule has 0 unspecified atom stereocenters. The van der Waals surface area contributed by atoms with Crippen LogP contribution < -0.4 is 5.11 Å². The Morgan fingerprint density at radius 1 is 1.30 bits per heavy atom. The molecule has 5 nitrogen and oxygen atoms in total. The molecular weight excluding hydrogens is 276 g/mol. The van der Waals surface area contributed by atoms with E-state index >= 15 is 0 Å². The van der Waals surface area contributed by atoms with E-state index in [9.17, 15) is 9.90 Å². The summed E-state index contributed by atoms with van der Waals surface area (Å²) in [5, 5.41) is 11.4. The minimum Gasteiger partial charge on any atom is -0.550 e. The van der Waals surface area contributed by atoms with Crippen LogP contribution in [0, 0.1) is 0 Å². The fraction of sp³-hybridized carbons (Fsp3) is 0.429. The summed E-state index contributed by atoms with van der Waals surface area (Å²) >= 11 is 1.45. The fourth-order valence-electron chi connectivity index (χ4n) is 1.79. The molecule has 20 heavy (non-hydrogen) atoms. The van der Waals surface area contributed by atoms with Gasteiger partial charge in [-0.25, -0.2) is 4.99 Å². The molecule has 1 aromatic rings. The number of amidine groups is 1. The Balaban J connectivity index is 2.06. The van der Waals surface area contributed by atoms with Crippen LogP contribution in [0.2, 0.25) is 0 Å². The molecule has 2 rings (SSSR count). The Hall–Kier alpha value is -1.53. The molecule has 1 heterocycles. The molecule has 1 saturated heterocycles. The topological polar surface area (TPSA) is 65.0 Å². The van der Waals surface area contributed by atoms with Crippen LogP contribution in [-0.2, 0) is 9.53 Å². The summed E-state index contributed by atoms with van der Waals surface area (Å²) in [4.78, 5) is 17.3. The van der Waals surface area contributed by atoms with Crippen LogP contribution in [0.3, 0.4) is 0 Å². The van der Waals surface area contributed by atoms with Crippen molar-refractivity contribution in [3.05, 3.63) is 30.3 Å². The quantitative estimate of drug-likeness (QED) is 0.609. The van der Waals surface area contributed by atoms with Crippen LogP contribution in [0.1, 0.15) is 6.42 Å². The highest BCUT2D eigenvalue weighted by atomic mass is 32.2. The second-order valence-electron chi connectivity index (χ2n) is 4.30. The molecule has 1 fully saturated rings. The summed E-state index contributed by atoms with van der Waals surface area (Å²) in [5.74, 6) is -0.565. The zero-order chi connectivity index (χ0) is 14.2. The fourth-order valence-corrected chi connectivity index (χ4v) is 2.77. The van der Waals surface area contributed by atoms with Crippen molar-refractivity contribution in [1.29, 1.82) is 0 Å². The van der Waals surface area contributed by atoms with E-state index in [1.165, 1.54) is 11.8 Å². The van der Waals surface area contributed by atoms with Crippen LogP contribution in [0.4, 0.5) is 5.69 Å². The van der Waals surface area contributed by atoms with Gasteiger partial charge in [0, 0.05) is 24.8 Å². The average molecular weight is 293 g/mol. The van der Waals surface area contributed by atoms with Crippen LogP contribution in [-0.4, -0.2) is 48.1 Å². The number of para-hydroxylation sites is 1. The molecule has 1 aromatic carbocycles. The molecule has 0 N–H and O–H groups in total. The van der Waals surface area contributed by atoms with E-state index in [2.05, 4.69) is 9.89 Å². The van der Waals surface area contributed by atoms with Crippen molar-refractivity contribution in [3.8, 4) is 0 Å². The summed E-state index contributed by atoms with van der Waals surface area (Å²) in [5.41, 5.74) is 0.870. The van der Waals surface area contributed by atoms with Gasteiger partial charge in [0.15, 0.2) is 5.17 Å². The van der Waals surface area contributed by atoms with Crippen molar-refractivity contribution in [2.75, 3.05) is 32.1 Å². The molecule has 0 bridgehead atoms. The zero-order valence-electron chi connectivity index (χ0n) is 11.2. The molecule has 6 heteroatoms. The number of hydrogen-bond acceptors (Lipinski definition) is 5. The lowest BCUT2D eigenvalue weighted by Gasteiger charge is -2.29. The van der Waals surface area contributed by atoms with Crippen molar-refractivity contribution < 1.29 is 14.6 Å². The number of rotatable bonds is 4. The molecule has 0 aromatic heterocycles. The SMILES string of the molecule is O=C([O-])CCSC(=Nc1ccccc1)N1CCOCC1. The number of morpholine rings is 1. The van der Waals surface area contributed by atoms with Gasteiger partial charge in [-0.1, -0.05) is 30.0 Å². The Morgan fingerprint density at radius 2 is 2.00 bits per heavy atom. The smallest absolute Gasteiger partial charge is 0.164 e. The van der Waals surface area contributed by atoms with Crippen molar-refractivity contribution in [2.45, 2.75) is 6.42 Å². The van der Waals surface area contributed by atoms with Gasteiger partial charge in [-0.2, -0.15) is 0 Å².